The fraction of sp³-hybridized carbons (Fsp3) is 0.143. The summed E-state index contributed by atoms with van der Waals surface area (Å²) in [5.74, 6) is -0.00988. The van der Waals surface area contributed by atoms with Gasteiger partial charge in [0.1, 0.15) is 0 Å². The Morgan fingerprint density at radius 3 is 1.09 bits per heavy atom. The molecule has 0 spiro atoms. The molecule has 23 heavy (non-hydrogen) atoms. The maximum Gasteiger partial charge on any atom is 0.0671 e. The minimum Gasteiger partial charge on any atom is -0.117 e. The van der Waals surface area contributed by atoms with Gasteiger partial charge in [-0.05, 0) is 16.7 Å². The Kier molecular flexibility index (Phi) is 5.38. The molecule has 2 heteroatoms. The molecule has 0 aliphatic carbocycles. The molecule has 0 aliphatic heterocycles. The van der Waals surface area contributed by atoms with E-state index in [-0.39, 0.29) is 16.7 Å². The minimum absolute atomic E-state index is 0.00988. The summed E-state index contributed by atoms with van der Waals surface area (Å²) in [6.45, 7) is 0. The van der Waals surface area contributed by atoms with Gasteiger partial charge in [-0.3, -0.25) is 0 Å². The zero-order valence-corrected chi connectivity index (χ0v) is 14.2. The highest BCUT2D eigenvalue weighted by Crippen LogP contribution is 2.47. The lowest BCUT2D eigenvalue weighted by Gasteiger charge is -2.28. The second kappa shape index (κ2) is 7.68. The summed E-state index contributed by atoms with van der Waals surface area (Å²) in [6, 6.07) is 30.6. The second-order valence-electron chi connectivity index (χ2n) is 5.56. The van der Waals surface area contributed by atoms with E-state index in [1.54, 1.807) is 0 Å². The summed E-state index contributed by atoms with van der Waals surface area (Å²) in [7, 11) is 0. The highest BCUT2D eigenvalue weighted by atomic mass is 35.5. The van der Waals surface area contributed by atoms with Crippen molar-refractivity contribution in [3.63, 3.8) is 0 Å². The first-order chi connectivity index (χ1) is 11.3. The van der Waals surface area contributed by atoms with Crippen molar-refractivity contribution in [3.05, 3.63) is 108 Å². The summed E-state index contributed by atoms with van der Waals surface area (Å²) in [6.07, 6.45) is 0. The van der Waals surface area contributed by atoms with Crippen molar-refractivity contribution in [1.29, 1.82) is 0 Å². The molecule has 2 unspecified atom stereocenters. The molecule has 0 saturated heterocycles. The molecule has 0 N–H and O–H groups in total. The van der Waals surface area contributed by atoms with Gasteiger partial charge in [-0.15, -0.1) is 23.2 Å². The number of hydrogen-bond donors (Lipinski definition) is 0. The molecule has 0 amide bonds. The van der Waals surface area contributed by atoms with E-state index in [1.807, 2.05) is 54.6 Å². The molecule has 3 rings (SSSR count). The normalized spacial score (nSPS) is 14.9. The Bertz CT molecular complexity index is 665. The van der Waals surface area contributed by atoms with Gasteiger partial charge in [0.15, 0.2) is 0 Å². The summed E-state index contributed by atoms with van der Waals surface area (Å²) >= 11 is 13.7. The summed E-state index contributed by atoms with van der Waals surface area (Å²) in [5.41, 5.74) is 3.33. The maximum atomic E-state index is 6.87. The first-order valence-electron chi connectivity index (χ1n) is 7.70. The lowest BCUT2D eigenvalue weighted by atomic mass is 9.86. The molecule has 0 heterocycles. The molecule has 116 valence electrons. The molecule has 0 fully saturated rings. The first-order valence-corrected chi connectivity index (χ1v) is 8.57. The van der Waals surface area contributed by atoms with Crippen molar-refractivity contribution in [1.82, 2.24) is 0 Å². The smallest absolute Gasteiger partial charge is 0.0671 e. The van der Waals surface area contributed by atoms with Crippen molar-refractivity contribution >= 4 is 23.2 Å². The van der Waals surface area contributed by atoms with E-state index in [0.29, 0.717) is 0 Å². The average Bonchev–Trinajstić information content (AvgIpc) is 2.64. The molecule has 0 nitrogen and oxygen atoms in total. The van der Waals surface area contributed by atoms with E-state index >= 15 is 0 Å². The first kappa shape index (κ1) is 16.1. The number of hydrogen-bond acceptors (Lipinski definition) is 0. The monoisotopic (exact) mass is 340 g/mol. The largest absolute Gasteiger partial charge is 0.117 e. The zero-order valence-electron chi connectivity index (χ0n) is 12.6. The van der Waals surface area contributed by atoms with E-state index in [9.17, 15) is 0 Å². The van der Waals surface area contributed by atoms with Crippen LogP contribution in [0.3, 0.4) is 0 Å². The molecule has 0 bridgehead atoms. The fourth-order valence-electron chi connectivity index (χ4n) is 2.85. The van der Waals surface area contributed by atoms with Crippen molar-refractivity contribution in [2.24, 2.45) is 0 Å². The fourth-order valence-corrected chi connectivity index (χ4v) is 3.80. The zero-order chi connectivity index (χ0) is 16.1. The average molecular weight is 341 g/mol. The van der Waals surface area contributed by atoms with E-state index in [1.165, 1.54) is 0 Å². The third kappa shape index (κ3) is 3.77. The van der Waals surface area contributed by atoms with Crippen LogP contribution in [0.25, 0.3) is 0 Å². The lowest BCUT2D eigenvalue weighted by molar-refractivity contribution is 0.639. The summed E-state index contributed by atoms with van der Waals surface area (Å²) < 4.78 is 0. The van der Waals surface area contributed by atoms with Crippen molar-refractivity contribution in [2.75, 3.05) is 0 Å². The summed E-state index contributed by atoms with van der Waals surface area (Å²) in [4.78, 5) is 0. The molecule has 3 aromatic carbocycles. The van der Waals surface area contributed by atoms with E-state index in [2.05, 4.69) is 36.4 Å². The maximum absolute atomic E-state index is 6.87. The predicted octanol–water partition coefficient (Wildman–Crippen LogP) is 6.73. The number of halogens is 2. The second-order valence-corrected chi connectivity index (χ2v) is 6.50. The van der Waals surface area contributed by atoms with Crippen LogP contribution < -0.4 is 0 Å². The van der Waals surface area contributed by atoms with E-state index < -0.39 is 0 Å². The molecule has 0 aromatic heterocycles. The highest BCUT2D eigenvalue weighted by Gasteiger charge is 2.30. The number of benzene rings is 3. The van der Waals surface area contributed by atoms with Gasteiger partial charge in [0.25, 0.3) is 0 Å². The standard InChI is InChI=1S/C21H18Cl2/c22-20(17-12-6-2-7-13-17)19(16-10-4-1-5-11-16)21(23)18-14-8-3-9-15-18/h1-15,19-21H. The summed E-state index contributed by atoms with van der Waals surface area (Å²) in [5, 5.41) is -0.386. The lowest BCUT2D eigenvalue weighted by Crippen LogP contribution is -2.12. The molecule has 0 saturated carbocycles. The van der Waals surface area contributed by atoms with Crippen LogP contribution >= 0.6 is 23.2 Å². The van der Waals surface area contributed by atoms with Crippen LogP contribution in [0.15, 0.2) is 91.0 Å². The van der Waals surface area contributed by atoms with Crippen LogP contribution in [-0.2, 0) is 0 Å². The van der Waals surface area contributed by atoms with Crippen molar-refractivity contribution in [3.8, 4) is 0 Å². The SMILES string of the molecule is ClC(c1ccccc1)C(c1ccccc1)C(Cl)c1ccccc1. The van der Waals surface area contributed by atoms with Gasteiger partial charge in [0.05, 0.1) is 10.8 Å². The number of rotatable bonds is 5. The molecule has 0 radical (unpaired) electrons. The van der Waals surface area contributed by atoms with Crippen molar-refractivity contribution in [2.45, 2.75) is 16.7 Å². The van der Waals surface area contributed by atoms with E-state index in [4.69, 9.17) is 23.2 Å². The Labute approximate surface area is 147 Å². The number of alkyl halides is 2. The third-order valence-corrected chi connectivity index (χ3v) is 5.10. The van der Waals surface area contributed by atoms with Gasteiger partial charge in [-0.1, -0.05) is 91.0 Å². The van der Waals surface area contributed by atoms with Gasteiger partial charge >= 0.3 is 0 Å². The van der Waals surface area contributed by atoms with Crippen LogP contribution in [0, 0.1) is 0 Å². The van der Waals surface area contributed by atoms with Crippen molar-refractivity contribution < 1.29 is 0 Å². The quantitative estimate of drug-likeness (QED) is 0.451. The Morgan fingerprint density at radius 1 is 0.435 bits per heavy atom. The van der Waals surface area contributed by atoms with Crippen LogP contribution in [0.5, 0.6) is 0 Å². The Hall–Kier alpha value is -1.76. The van der Waals surface area contributed by atoms with Gasteiger partial charge in [-0.2, -0.15) is 0 Å². The van der Waals surface area contributed by atoms with Gasteiger partial charge < -0.3 is 0 Å². The molecule has 2 atom stereocenters. The molecule has 0 aliphatic rings. The third-order valence-electron chi connectivity index (χ3n) is 4.05. The van der Waals surface area contributed by atoms with Crippen LogP contribution in [0.2, 0.25) is 0 Å². The van der Waals surface area contributed by atoms with Gasteiger partial charge in [0, 0.05) is 5.92 Å². The Morgan fingerprint density at radius 2 is 0.739 bits per heavy atom. The van der Waals surface area contributed by atoms with Crippen LogP contribution in [-0.4, -0.2) is 0 Å². The topological polar surface area (TPSA) is 0 Å². The molecular weight excluding hydrogens is 323 g/mol. The van der Waals surface area contributed by atoms with Crippen LogP contribution in [0.1, 0.15) is 33.4 Å². The van der Waals surface area contributed by atoms with Crippen LogP contribution in [0.4, 0.5) is 0 Å². The molecule has 3 aromatic rings. The van der Waals surface area contributed by atoms with Gasteiger partial charge in [0.2, 0.25) is 0 Å². The Balaban J connectivity index is 2.01. The minimum atomic E-state index is -0.193. The van der Waals surface area contributed by atoms with Gasteiger partial charge in [-0.25, -0.2) is 0 Å². The predicted molar refractivity (Wildman–Crippen MR) is 99.3 cm³/mol. The van der Waals surface area contributed by atoms with E-state index in [0.717, 1.165) is 16.7 Å². The molecular formula is C21H18Cl2. The highest BCUT2D eigenvalue weighted by molar-refractivity contribution is 6.24.